The molecule has 1 atom stereocenters. The highest BCUT2D eigenvalue weighted by atomic mass is 127. The van der Waals surface area contributed by atoms with Crippen LogP contribution in [0.3, 0.4) is 0 Å². The van der Waals surface area contributed by atoms with Crippen LogP contribution in [0.2, 0.25) is 0 Å². The lowest BCUT2D eigenvalue weighted by molar-refractivity contribution is 0.807. The van der Waals surface area contributed by atoms with Crippen LogP contribution in [0.15, 0.2) is 4.99 Å². The van der Waals surface area contributed by atoms with E-state index in [0.29, 0.717) is 11.3 Å². The highest BCUT2D eigenvalue weighted by Gasteiger charge is 2.22. The molecule has 1 unspecified atom stereocenters. The quantitative estimate of drug-likeness (QED) is 0.456. The standard InChI is InChI=1S/C10H21N3S.HI/c1-4-11-10(13-9-5-6-9)12-7-8(2)14-3;/h8-9H,4-7H2,1-3H3,(H2,11,12,13);1H. The maximum atomic E-state index is 4.54. The summed E-state index contributed by atoms with van der Waals surface area (Å²) in [5.74, 6) is 0.982. The van der Waals surface area contributed by atoms with E-state index in [4.69, 9.17) is 0 Å². The maximum Gasteiger partial charge on any atom is 0.191 e. The van der Waals surface area contributed by atoms with E-state index in [1.807, 2.05) is 11.8 Å². The number of hydrogen-bond donors (Lipinski definition) is 2. The van der Waals surface area contributed by atoms with Gasteiger partial charge in [0.15, 0.2) is 5.96 Å². The third kappa shape index (κ3) is 7.27. The zero-order chi connectivity index (χ0) is 10.4. The fourth-order valence-corrected chi connectivity index (χ4v) is 1.26. The predicted octanol–water partition coefficient (Wildman–Crippen LogP) is 2.07. The summed E-state index contributed by atoms with van der Waals surface area (Å²) in [6.45, 7) is 6.13. The number of nitrogens with zero attached hydrogens (tertiary/aromatic N) is 1. The van der Waals surface area contributed by atoms with Crippen LogP contribution in [0.25, 0.3) is 0 Å². The molecule has 1 aliphatic rings. The lowest BCUT2D eigenvalue weighted by atomic mass is 10.5. The van der Waals surface area contributed by atoms with E-state index in [-0.39, 0.29) is 24.0 Å². The summed E-state index contributed by atoms with van der Waals surface area (Å²) in [5, 5.41) is 7.27. The first-order chi connectivity index (χ1) is 6.76. The van der Waals surface area contributed by atoms with Gasteiger partial charge in [-0.25, -0.2) is 0 Å². The molecule has 15 heavy (non-hydrogen) atoms. The fraction of sp³-hybridized carbons (Fsp3) is 0.900. The molecule has 90 valence electrons. The summed E-state index contributed by atoms with van der Waals surface area (Å²) in [4.78, 5) is 4.54. The predicted molar refractivity (Wildman–Crippen MR) is 80.5 cm³/mol. The van der Waals surface area contributed by atoms with Crippen LogP contribution in [0, 0.1) is 0 Å². The van der Waals surface area contributed by atoms with Crippen LogP contribution in [0.5, 0.6) is 0 Å². The van der Waals surface area contributed by atoms with Crippen molar-refractivity contribution in [1.29, 1.82) is 0 Å². The molecule has 1 aliphatic carbocycles. The molecule has 0 aromatic carbocycles. The van der Waals surface area contributed by atoms with Crippen molar-refractivity contribution in [2.24, 2.45) is 4.99 Å². The van der Waals surface area contributed by atoms with Crippen molar-refractivity contribution in [2.45, 2.75) is 38.0 Å². The Bertz CT molecular complexity index is 195. The highest BCUT2D eigenvalue weighted by molar-refractivity contribution is 14.0. The molecule has 0 heterocycles. The van der Waals surface area contributed by atoms with Gasteiger partial charge in [0.2, 0.25) is 0 Å². The van der Waals surface area contributed by atoms with Gasteiger partial charge in [-0.2, -0.15) is 11.8 Å². The number of aliphatic imine (C=N–C) groups is 1. The molecule has 0 amide bonds. The Kier molecular flexibility index (Phi) is 8.69. The van der Waals surface area contributed by atoms with Gasteiger partial charge in [-0.1, -0.05) is 6.92 Å². The van der Waals surface area contributed by atoms with Crippen molar-refractivity contribution in [1.82, 2.24) is 10.6 Å². The molecule has 0 bridgehead atoms. The zero-order valence-electron chi connectivity index (χ0n) is 9.75. The molecule has 1 saturated carbocycles. The Morgan fingerprint density at radius 1 is 1.53 bits per heavy atom. The zero-order valence-corrected chi connectivity index (χ0v) is 12.9. The number of hydrogen-bond acceptors (Lipinski definition) is 2. The van der Waals surface area contributed by atoms with Crippen molar-refractivity contribution in [3.8, 4) is 0 Å². The molecule has 2 N–H and O–H groups in total. The molecular weight excluding hydrogens is 321 g/mol. The van der Waals surface area contributed by atoms with Gasteiger partial charge in [0, 0.05) is 17.8 Å². The Morgan fingerprint density at radius 3 is 2.67 bits per heavy atom. The first kappa shape index (κ1) is 15.3. The second-order valence-electron chi connectivity index (χ2n) is 3.68. The van der Waals surface area contributed by atoms with Crippen LogP contribution in [0.1, 0.15) is 26.7 Å². The number of halogens is 1. The smallest absolute Gasteiger partial charge is 0.191 e. The third-order valence-electron chi connectivity index (χ3n) is 2.17. The van der Waals surface area contributed by atoms with Crippen LogP contribution < -0.4 is 10.6 Å². The lowest BCUT2D eigenvalue weighted by Gasteiger charge is -2.11. The largest absolute Gasteiger partial charge is 0.357 e. The van der Waals surface area contributed by atoms with Crippen molar-refractivity contribution in [3.05, 3.63) is 0 Å². The third-order valence-corrected chi connectivity index (χ3v) is 3.13. The molecule has 0 aromatic rings. The second kappa shape index (κ2) is 8.50. The monoisotopic (exact) mass is 343 g/mol. The van der Waals surface area contributed by atoms with Crippen LogP contribution in [-0.4, -0.2) is 36.6 Å². The van der Waals surface area contributed by atoms with Gasteiger partial charge >= 0.3 is 0 Å². The van der Waals surface area contributed by atoms with Crippen LogP contribution in [-0.2, 0) is 0 Å². The average molecular weight is 343 g/mol. The van der Waals surface area contributed by atoms with Crippen molar-refractivity contribution < 1.29 is 0 Å². The lowest BCUT2D eigenvalue weighted by Crippen LogP contribution is -2.38. The van der Waals surface area contributed by atoms with Crippen molar-refractivity contribution >= 4 is 41.7 Å². The summed E-state index contributed by atoms with van der Waals surface area (Å²) in [7, 11) is 0. The molecule has 3 nitrogen and oxygen atoms in total. The number of thioether (sulfide) groups is 1. The Morgan fingerprint density at radius 2 is 2.20 bits per heavy atom. The molecule has 0 spiro atoms. The fourth-order valence-electron chi connectivity index (χ4n) is 1.04. The minimum Gasteiger partial charge on any atom is -0.357 e. The van der Waals surface area contributed by atoms with Gasteiger partial charge in [0.1, 0.15) is 0 Å². The Balaban J connectivity index is 0.00000196. The van der Waals surface area contributed by atoms with Gasteiger partial charge in [0.05, 0.1) is 6.54 Å². The maximum absolute atomic E-state index is 4.54. The molecule has 0 aromatic heterocycles. The Labute approximate surface area is 114 Å². The summed E-state index contributed by atoms with van der Waals surface area (Å²) in [6, 6.07) is 0.678. The number of guanidine groups is 1. The summed E-state index contributed by atoms with van der Waals surface area (Å²) < 4.78 is 0. The van der Waals surface area contributed by atoms with Crippen molar-refractivity contribution in [2.75, 3.05) is 19.3 Å². The van der Waals surface area contributed by atoms with Crippen molar-refractivity contribution in [3.63, 3.8) is 0 Å². The van der Waals surface area contributed by atoms with Gasteiger partial charge in [0.25, 0.3) is 0 Å². The SMILES string of the molecule is CCNC(=NCC(C)SC)NC1CC1.I. The molecular formula is C10H22IN3S. The minimum atomic E-state index is 0. The average Bonchev–Trinajstić information content (AvgIpc) is 2.98. The molecule has 5 heteroatoms. The minimum absolute atomic E-state index is 0. The van der Waals surface area contributed by atoms with Gasteiger partial charge < -0.3 is 10.6 Å². The van der Waals surface area contributed by atoms with E-state index < -0.39 is 0 Å². The number of nitrogens with one attached hydrogen (secondary N) is 2. The first-order valence-corrected chi connectivity index (χ1v) is 6.62. The van der Waals surface area contributed by atoms with Gasteiger partial charge in [-0.3, -0.25) is 4.99 Å². The van der Waals surface area contributed by atoms with E-state index in [0.717, 1.165) is 19.0 Å². The van der Waals surface area contributed by atoms with E-state index in [2.05, 4.69) is 35.7 Å². The van der Waals surface area contributed by atoms with E-state index in [1.165, 1.54) is 12.8 Å². The Hall–Kier alpha value is 0.350. The van der Waals surface area contributed by atoms with E-state index in [9.17, 15) is 0 Å². The molecule has 0 saturated heterocycles. The van der Waals surface area contributed by atoms with Gasteiger partial charge in [-0.15, -0.1) is 24.0 Å². The molecule has 0 aliphatic heterocycles. The summed E-state index contributed by atoms with van der Waals surface area (Å²) >= 11 is 1.86. The summed E-state index contributed by atoms with van der Waals surface area (Å²) in [5.41, 5.74) is 0. The second-order valence-corrected chi connectivity index (χ2v) is 4.96. The van der Waals surface area contributed by atoms with Gasteiger partial charge in [-0.05, 0) is 26.0 Å². The highest BCUT2D eigenvalue weighted by Crippen LogP contribution is 2.18. The number of rotatable bonds is 5. The molecule has 1 fully saturated rings. The van der Waals surface area contributed by atoms with E-state index >= 15 is 0 Å². The molecule has 1 rings (SSSR count). The van der Waals surface area contributed by atoms with E-state index in [1.54, 1.807) is 0 Å². The summed E-state index contributed by atoms with van der Waals surface area (Å²) in [6.07, 6.45) is 4.71. The van der Waals surface area contributed by atoms with Crippen LogP contribution >= 0.6 is 35.7 Å². The topological polar surface area (TPSA) is 36.4 Å². The normalized spacial score (nSPS) is 17.9. The first-order valence-electron chi connectivity index (χ1n) is 5.34. The molecule has 0 radical (unpaired) electrons. The van der Waals surface area contributed by atoms with Crippen LogP contribution in [0.4, 0.5) is 0 Å².